The highest BCUT2D eigenvalue weighted by Gasteiger charge is 2.40. The number of benzene rings is 3. The summed E-state index contributed by atoms with van der Waals surface area (Å²) in [4.78, 5) is 30.1. The Morgan fingerprint density at radius 1 is 0.788 bits per heavy atom. The van der Waals surface area contributed by atoms with Crippen molar-refractivity contribution in [3.63, 3.8) is 0 Å². The maximum atomic E-state index is 13.5. The van der Waals surface area contributed by atoms with Gasteiger partial charge in [0.05, 0.1) is 19.8 Å². The first-order valence-corrected chi connectivity index (χ1v) is 10.7. The predicted octanol–water partition coefficient (Wildman–Crippen LogP) is 4.16. The van der Waals surface area contributed by atoms with Gasteiger partial charge in [0.25, 0.3) is 11.8 Å². The Kier molecular flexibility index (Phi) is 6.45. The number of ether oxygens (including phenoxy) is 2. The molecule has 6 nitrogen and oxygen atoms in total. The highest BCUT2D eigenvalue weighted by molar-refractivity contribution is 6.36. The van der Waals surface area contributed by atoms with Gasteiger partial charge in [-0.05, 0) is 41.8 Å². The largest absolute Gasteiger partial charge is 0.493 e. The van der Waals surface area contributed by atoms with E-state index in [2.05, 4.69) is 0 Å². The molecule has 0 bridgehead atoms. The summed E-state index contributed by atoms with van der Waals surface area (Å²) < 4.78 is 10.7. The van der Waals surface area contributed by atoms with Crippen molar-refractivity contribution in [2.45, 2.75) is 6.42 Å². The van der Waals surface area contributed by atoms with Gasteiger partial charge in [-0.25, -0.2) is 0 Å². The number of amides is 2. The summed E-state index contributed by atoms with van der Waals surface area (Å²) in [5.41, 5.74) is 3.30. The maximum absolute atomic E-state index is 13.5. The third-order valence-corrected chi connectivity index (χ3v) is 5.76. The molecule has 0 saturated heterocycles. The minimum absolute atomic E-state index is 0.260. The normalized spacial score (nSPS) is 13.5. The lowest BCUT2D eigenvalue weighted by Crippen LogP contribution is -2.35. The molecule has 4 rings (SSSR count). The van der Waals surface area contributed by atoms with E-state index >= 15 is 0 Å². The van der Waals surface area contributed by atoms with Gasteiger partial charge in [0.2, 0.25) is 0 Å². The molecule has 3 aromatic rings. The van der Waals surface area contributed by atoms with Crippen molar-refractivity contribution in [1.82, 2.24) is 4.90 Å². The molecule has 33 heavy (non-hydrogen) atoms. The average molecular weight is 443 g/mol. The fourth-order valence-corrected chi connectivity index (χ4v) is 4.00. The first-order valence-electron chi connectivity index (χ1n) is 10.7. The summed E-state index contributed by atoms with van der Waals surface area (Å²) in [5, 5.41) is 0. The van der Waals surface area contributed by atoms with Gasteiger partial charge in [-0.15, -0.1) is 0 Å². The number of imide groups is 1. The number of anilines is 1. The molecule has 0 aromatic heterocycles. The quantitative estimate of drug-likeness (QED) is 0.490. The molecule has 1 aliphatic rings. The van der Waals surface area contributed by atoms with E-state index < -0.39 is 0 Å². The Morgan fingerprint density at radius 3 is 2.06 bits per heavy atom. The molecule has 0 aliphatic carbocycles. The van der Waals surface area contributed by atoms with Gasteiger partial charge < -0.3 is 14.4 Å². The lowest BCUT2D eigenvalue weighted by atomic mass is 10.0. The number of likely N-dealkylation sites (N-methyl/N-ethyl adjacent to an activating group) is 1. The van der Waals surface area contributed by atoms with E-state index in [1.165, 1.54) is 4.90 Å². The van der Waals surface area contributed by atoms with E-state index in [0.29, 0.717) is 29.2 Å². The number of methoxy groups -OCH3 is 2. The van der Waals surface area contributed by atoms with Gasteiger partial charge in [-0.1, -0.05) is 54.6 Å². The lowest BCUT2D eigenvalue weighted by molar-refractivity contribution is -0.136. The highest BCUT2D eigenvalue weighted by atomic mass is 16.5. The summed E-state index contributed by atoms with van der Waals surface area (Å²) in [6.45, 7) is 0.260. The fraction of sp³-hybridized carbons (Fsp3) is 0.185. The molecular formula is C27H26N2O4. The van der Waals surface area contributed by atoms with Crippen molar-refractivity contribution in [1.29, 1.82) is 0 Å². The van der Waals surface area contributed by atoms with Crippen molar-refractivity contribution < 1.29 is 19.1 Å². The molecule has 6 heteroatoms. The third-order valence-electron chi connectivity index (χ3n) is 5.76. The van der Waals surface area contributed by atoms with Crippen LogP contribution in [0.1, 0.15) is 11.1 Å². The van der Waals surface area contributed by atoms with Crippen LogP contribution < -0.4 is 14.4 Å². The average Bonchev–Trinajstić information content (AvgIpc) is 3.12. The third kappa shape index (κ3) is 4.32. The van der Waals surface area contributed by atoms with Crippen molar-refractivity contribution in [3.05, 3.63) is 95.7 Å². The molecule has 168 valence electrons. The fourth-order valence-electron chi connectivity index (χ4n) is 4.00. The van der Waals surface area contributed by atoms with Crippen LogP contribution in [0.5, 0.6) is 11.5 Å². The first-order chi connectivity index (χ1) is 16.0. The van der Waals surface area contributed by atoms with Crippen molar-refractivity contribution in [2.24, 2.45) is 0 Å². The van der Waals surface area contributed by atoms with Crippen molar-refractivity contribution in [3.8, 4) is 11.5 Å². The molecule has 0 atom stereocenters. The van der Waals surface area contributed by atoms with Crippen LogP contribution in [0.3, 0.4) is 0 Å². The van der Waals surface area contributed by atoms with Crippen LogP contribution in [-0.4, -0.2) is 44.5 Å². The topological polar surface area (TPSA) is 59.1 Å². The Bertz CT molecular complexity index is 1190. The number of carbonyl (C=O) groups excluding carboxylic acids is 2. The molecule has 0 radical (unpaired) electrons. The summed E-state index contributed by atoms with van der Waals surface area (Å²) in [6.07, 6.45) is 0.502. The van der Waals surface area contributed by atoms with Crippen LogP contribution in [0.25, 0.3) is 5.57 Å². The molecule has 0 fully saturated rings. The van der Waals surface area contributed by atoms with E-state index in [-0.39, 0.29) is 18.4 Å². The van der Waals surface area contributed by atoms with Gasteiger partial charge in [0, 0.05) is 19.3 Å². The van der Waals surface area contributed by atoms with Crippen LogP contribution in [0.15, 0.2) is 84.6 Å². The smallest absolute Gasteiger partial charge is 0.278 e. The van der Waals surface area contributed by atoms with Crippen LogP contribution in [0, 0.1) is 0 Å². The van der Waals surface area contributed by atoms with E-state index in [0.717, 1.165) is 16.8 Å². The molecule has 0 saturated carbocycles. The monoisotopic (exact) mass is 442 g/mol. The van der Waals surface area contributed by atoms with Crippen LogP contribution >= 0.6 is 0 Å². The SMILES string of the molecule is COc1ccc(CCN2C(=O)C(c3ccccc3)=C(N(C)c3ccccc3)C2=O)cc1OC. The Morgan fingerprint density at radius 2 is 1.42 bits per heavy atom. The first kappa shape index (κ1) is 22.1. The van der Waals surface area contributed by atoms with E-state index in [1.54, 1.807) is 19.1 Å². The van der Waals surface area contributed by atoms with E-state index in [9.17, 15) is 9.59 Å². The number of rotatable bonds is 8. The van der Waals surface area contributed by atoms with Crippen LogP contribution in [0.4, 0.5) is 5.69 Å². The summed E-state index contributed by atoms with van der Waals surface area (Å²) in [6, 6.07) is 24.5. The molecule has 1 aliphatic heterocycles. The summed E-state index contributed by atoms with van der Waals surface area (Å²) in [7, 11) is 4.98. The standard InChI is InChI=1S/C27H26N2O4/c1-28(21-12-8-5-9-13-21)25-24(20-10-6-4-7-11-20)26(30)29(27(25)31)17-16-19-14-15-22(32-2)23(18-19)33-3/h4-15,18H,16-17H2,1-3H3. The Balaban J connectivity index is 1.65. The number of hydrogen-bond acceptors (Lipinski definition) is 5. The zero-order valence-corrected chi connectivity index (χ0v) is 18.9. The number of para-hydroxylation sites is 1. The second kappa shape index (κ2) is 9.61. The molecule has 0 unspecified atom stereocenters. The van der Waals surface area contributed by atoms with Gasteiger partial charge in [-0.3, -0.25) is 14.5 Å². The van der Waals surface area contributed by atoms with Crippen LogP contribution in [0.2, 0.25) is 0 Å². The molecule has 0 N–H and O–H groups in total. The van der Waals surface area contributed by atoms with E-state index in [1.807, 2.05) is 85.9 Å². The van der Waals surface area contributed by atoms with Gasteiger partial charge >= 0.3 is 0 Å². The Hall–Kier alpha value is -4.06. The summed E-state index contributed by atoms with van der Waals surface area (Å²) in [5.74, 6) is 0.659. The molecule has 3 aromatic carbocycles. The van der Waals surface area contributed by atoms with Gasteiger partial charge in [-0.2, -0.15) is 0 Å². The summed E-state index contributed by atoms with van der Waals surface area (Å²) >= 11 is 0. The van der Waals surface area contributed by atoms with Gasteiger partial charge in [0.15, 0.2) is 11.5 Å². The van der Waals surface area contributed by atoms with Gasteiger partial charge in [0.1, 0.15) is 5.70 Å². The minimum atomic E-state index is -0.300. The lowest BCUT2D eigenvalue weighted by Gasteiger charge is -2.21. The molecule has 0 spiro atoms. The predicted molar refractivity (Wildman–Crippen MR) is 128 cm³/mol. The molecular weight excluding hydrogens is 416 g/mol. The molecule has 2 amide bonds. The zero-order chi connectivity index (χ0) is 23.4. The zero-order valence-electron chi connectivity index (χ0n) is 18.9. The van der Waals surface area contributed by atoms with Crippen molar-refractivity contribution in [2.75, 3.05) is 32.7 Å². The number of hydrogen-bond donors (Lipinski definition) is 0. The number of nitrogens with zero attached hydrogens (tertiary/aromatic N) is 2. The van der Waals surface area contributed by atoms with Crippen molar-refractivity contribution >= 4 is 23.1 Å². The maximum Gasteiger partial charge on any atom is 0.278 e. The van der Waals surface area contributed by atoms with E-state index in [4.69, 9.17) is 9.47 Å². The van der Waals surface area contributed by atoms with Crippen LogP contribution in [-0.2, 0) is 16.0 Å². The second-order valence-electron chi connectivity index (χ2n) is 7.69. The number of carbonyl (C=O) groups is 2. The Labute approximate surface area is 193 Å². The second-order valence-corrected chi connectivity index (χ2v) is 7.69. The molecule has 1 heterocycles. The minimum Gasteiger partial charge on any atom is -0.493 e. The highest BCUT2D eigenvalue weighted by Crippen LogP contribution is 2.34.